The molecule has 27 heavy (non-hydrogen) atoms. The minimum Gasteiger partial charge on any atom is -0.480 e. The van der Waals surface area contributed by atoms with Crippen LogP contribution in [0.3, 0.4) is 0 Å². The van der Waals surface area contributed by atoms with E-state index in [1.54, 1.807) is 7.05 Å². The van der Waals surface area contributed by atoms with Gasteiger partial charge in [-0.05, 0) is 51.1 Å². The number of carboxylic acids is 1. The molecule has 0 aliphatic carbocycles. The molecule has 1 fully saturated rings. The number of alkyl halides is 2. The van der Waals surface area contributed by atoms with Crippen LogP contribution in [-0.2, 0) is 9.59 Å². The highest BCUT2D eigenvalue weighted by Crippen LogP contribution is 2.20. The zero-order valence-electron chi connectivity index (χ0n) is 15.4. The van der Waals surface area contributed by atoms with Gasteiger partial charge in [-0.25, -0.2) is 0 Å². The van der Waals surface area contributed by atoms with E-state index >= 15 is 0 Å². The number of nitrogens with one attached hydrogen (secondary N) is 1. The lowest BCUT2D eigenvalue weighted by molar-refractivity contribution is -0.138. The summed E-state index contributed by atoms with van der Waals surface area (Å²) < 4.78 is 28.6. The van der Waals surface area contributed by atoms with E-state index in [4.69, 9.17) is 5.11 Å². The maximum atomic E-state index is 12.4. The Kier molecular flexibility index (Phi) is 7.49. The number of hydrogen-bond acceptors (Lipinski definition) is 5. The molecule has 1 aliphatic rings. The summed E-state index contributed by atoms with van der Waals surface area (Å²) in [6.45, 7) is 0.328. The number of carbonyl (C=O) groups excluding carboxylic acids is 1. The molecule has 0 aromatic heterocycles. The molecule has 1 saturated heterocycles. The number of nitrogens with zero attached hydrogens (tertiary/aromatic N) is 2. The van der Waals surface area contributed by atoms with E-state index < -0.39 is 12.6 Å². The second-order valence-corrected chi connectivity index (χ2v) is 6.64. The van der Waals surface area contributed by atoms with E-state index in [1.807, 2.05) is 11.8 Å². The molecule has 2 N–H and O–H groups in total. The molecule has 150 valence electrons. The first-order valence-corrected chi connectivity index (χ1v) is 8.78. The molecule has 1 aromatic carbocycles. The molecule has 1 unspecified atom stereocenters. The highest BCUT2D eigenvalue weighted by Gasteiger charge is 2.28. The second-order valence-electron chi connectivity index (χ2n) is 6.64. The Bertz CT molecular complexity index is 634. The number of rotatable bonds is 8. The smallest absolute Gasteiger partial charge is 0.387 e. The number of anilines is 1. The van der Waals surface area contributed by atoms with Crippen LogP contribution in [0.25, 0.3) is 0 Å². The first-order chi connectivity index (χ1) is 12.8. The Morgan fingerprint density at radius 1 is 1.30 bits per heavy atom. The van der Waals surface area contributed by atoms with Gasteiger partial charge in [-0.3, -0.25) is 19.4 Å². The number of ether oxygens (including phenoxy) is 1. The third-order valence-electron chi connectivity index (χ3n) is 4.78. The molecule has 0 radical (unpaired) electrons. The van der Waals surface area contributed by atoms with Crippen molar-refractivity contribution < 1.29 is 28.2 Å². The van der Waals surface area contributed by atoms with E-state index in [-0.39, 0.29) is 30.3 Å². The van der Waals surface area contributed by atoms with Gasteiger partial charge in [-0.15, -0.1) is 0 Å². The van der Waals surface area contributed by atoms with Crippen molar-refractivity contribution in [3.8, 4) is 5.75 Å². The number of benzene rings is 1. The topological polar surface area (TPSA) is 82.1 Å². The van der Waals surface area contributed by atoms with Crippen molar-refractivity contribution in [2.75, 3.05) is 32.0 Å². The van der Waals surface area contributed by atoms with Crippen LogP contribution in [0, 0.1) is 0 Å². The van der Waals surface area contributed by atoms with Crippen LogP contribution in [-0.4, -0.2) is 72.2 Å². The number of aliphatic carboxylic acids is 1. The molecule has 7 nitrogen and oxygen atoms in total. The van der Waals surface area contributed by atoms with E-state index in [9.17, 15) is 18.4 Å². The quantitative estimate of drug-likeness (QED) is 0.713. The third-order valence-corrected chi connectivity index (χ3v) is 4.78. The fourth-order valence-corrected chi connectivity index (χ4v) is 3.19. The molecule has 0 bridgehead atoms. The lowest BCUT2D eigenvalue weighted by Gasteiger charge is -2.38. The van der Waals surface area contributed by atoms with E-state index in [0.29, 0.717) is 18.8 Å². The average molecular weight is 385 g/mol. The van der Waals surface area contributed by atoms with Gasteiger partial charge in [0.15, 0.2) is 0 Å². The molecule has 2 rings (SSSR count). The van der Waals surface area contributed by atoms with Gasteiger partial charge >= 0.3 is 12.6 Å². The predicted molar refractivity (Wildman–Crippen MR) is 96.0 cm³/mol. The SMILES string of the molecule is CC(C(=O)Nc1ccc(OC(F)F)cc1)N1CCC(N(C)CC(=O)O)CC1. The minimum atomic E-state index is -2.89. The lowest BCUT2D eigenvalue weighted by Crippen LogP contribution is -2.50. The van der Waals surface area contributed by atoms with Gasteiger partial charge in [0.05, 0.1) is 12.6 Å². The van der Waals surface area contributed by atoms with Gasteiger partial charge in [-0.2, -0.15) is 8.78 Å². The standard InChI is InChI=1S/C18H25F2N3O4/c1-12(23-9-7-14(8-10-23)22(2)11-16(24)25)17(26)21-13-3-5-15(6-4-13)27-18(19)20/h3-6,12,14,18H,7-11H2,1-2H3,(H,21,26)(H,24,25). The molecule has 9 heteroatoms. The summed E-state index contributed by atoms with van der Waals surface area (Å²) in [6.07, 6.45) is 1.59. The van der Waals surface area contributed by atoms with Crippen molar-refractivity contribution in [1.29, 1.82) is 0 Å². The van der Waals surface area contributed by atoms with Crippen LogP contribution < -0.4 is 10.1 Å². The summed E-state index contributed by atoms with van der Waals surface area (Å²) in [5.41, 5.74) is 0.504. The van der Waals surface area contributed by atoms with E-state index in [2.05, 4.69) is 15.0 Å². The van der Waals surface area contributed by atoms with Gasteiger partial charge in [0.25, 0.3) is 0 Å². The lowest BCUT2D eigenvalue weighted by atomic mass is 10.0. The maximum Gasteiger partial charge on any atom is 0.387 e. The second kappa shape index (κ2) is 9.61. The van der Waals surface area contributed by atoms with Crippen LogP contribution in [0.5, 0.6) is 5.75 Å². The van der Waals surface area contributed by atoms with Crippen molar-refractivity contribution in [3.63, 3.8) is 0 Å². The molecule has 0 spiro atoms. The summed E-state index contributed by atoms with van der Waals surface area (Å²) in [5.74, 6) is -1.00. The van der Waals surface area contributed by atoms with E-state index in [1.165, 1.54) is 24.3 Å². The third kappa shape index (κ3) is 6.44. The maximum absolute atomic E-state index is 12.4. The van der Waals surface area contributed by atoms with Gasteiger partial charge < -0.3 is 15.2 Å². The summed E-state index contributed by atoms with van der Waals surface area (Å²) in [5, 5.41) is 11.6. The van der Waals surface area contributed by atoms with Gasteiger partial charge in [-0.1, -0.05) is 0 Å². The Morgan fingerprint density at radius 3 is 2.41 bits per heavy atom. The monoisotopic (exact) mass is 385 g/mol. The first-order valence-electron chi connectivity index (χ1n) is 8.78. The van der Waals surface area contributed by atoms with Crippen molar-refractivity contribution >= 4 is 17.6 Å². The summed E-state index contributed by atoms with van der Waals surface area (Å²) in [7, 11) is 1.80. The van der Waals surface area contributed by atoms with Crippen molar-refractivity contribution in [3.05, 3.63) is 24.3 Å². The number of hydrogen-bond donors (Lipinski definition) is 2. The summed E-state index contributed by atoms with van der Waals surface area (Å²) >= 11 is 0. The Balaban J connectivity index is 1.82. The zero-order valence-corrected chi connectivity index (χ0v) is 15.4. The number of carbonyl (C=O) groups is 2. The van der Waals surface area contributed by atoms with Crippen LogP contribution in [0.1, 0.15) is 19.8 Å². The molecular weight excluding hydrogens is 360 g/mol. The summed E-state index contributed by atoms with van der Waals surface area (Å²) in [4.78, 5) is 27.1. The van der Waals surface area contributed by atoms with Gasteiger partial charge in [0.1, 0.15) is 5.75 Å². The molecule has 0 saturated carbocycles. The van der Waals surface area contributed by atoms with Crippen LogP contribution in [0.15, 0.2) is 24.3 Å². The Morgan fingerprint density at radius 2 is 1.89 bits per heavy atom. The zero-order chi connectivity index (χ0) is 20.0. The first kappa shape index (κ1) is 21.0. The Hall–Kier alpha value is -2.26. The van der Waals surface area contributed by atoms with Crippen LogP contribution in [0.2, 0.25) is 0 Å². The normalized spacial score (nSPS) is 17.1. The minimum absolute atomic E-state index is 0.00593. The highest BCUT2D eigenvalue weighted by molar-refractivity contribution is 5.94. The fourth-order valence-electron chi connectivity index (χ4n) is 3.19. The molecule has 1 aliphatic heterocycles. The molecule has 1 atom stereocenters. The number of piperidine rings is 1. The van der Waals surface area contributed by atoms with Crippen molar-refractivity contribution in [2.24, 2.45) is 0 Å². The fraction of sp³-hybridized carbons (Fsp3) is 0.556. The van der Waals surface area contributed by atoms with Crippen LogP contribution >= 0.6 is 0 Å². The Labute approximate surface area is 156 Å². The number of carboxylic acid groups (broad SMARTS) is 1. The van der Waals surface area contributed by atoms with E-state index in [0.717, 1.165) is 12.8 Å². The summed E-state index contributed by atoms with van der Waals surface area (Å²) in [6, 6.07) is 5.60. The van der Waals surface area contributed by atoms with Crippen LogP contribution in [0.4, 0.5) is 14.5 Å². The van der Waals surface area contributed by atoms with Crippen molar-refractivity contribution in [2.45, 2.75) is 38.5 Å². The largest absolute Gasteiger partial charge is 0.480 e. The van der Waals surface area contributed by atoms with Crippen molar-refractivity contribution in [1.82, 2.24) is 9.80 Å². The highest BCUT2D eigenvalue weighted by atomic mass is 19.3. The van der Waals surface area contributed by atoms with Gasteiger partial charge in [0, 0.05) is 24.8 Å². The molecule has 1 aromatic rings. The van der Waals surface area contributed by atoms with Gasteiger partial charge in [0.2, 0.25) is 5.91 Å². The number of likely N-dealkylation sites (tertiary alicyclic amines) is 1. The number of halogens is 2. The molecular formula is C18H25F2N3O4. The number of likely N-dealkylation sites (N-methyl/N-ethyl adjacent to an activating group) is 1. The molecule has 1 heterocycles. The predicted octanol–water partition coefficient (Wildman–Crippen LogP) is 2.10. The molecule has 1 amide bonds. The number of amides is 1. The average Bonchev–Trinajstić information content (AvgIpc) is 2.62.